The van der Waals surface area contributed by atoms with E-state index in [0.29, 0.717) is 11.8 Å². The van der Waals surface area contributed by atoms with E-state index in [2.05, 4.69) is 50.8 Å². The molecule has 3 rings (SSSR count). The first-order valence-corrected chi connectivity index (χ1v) is 11.0. The summed E-state index contributed by atoms with van der Waals surface area (Å²) in [6.45, 7) is 9.76. The Labute approximate surface area is 173 Å². The van der Waals surface area contributed by atoms with Gasteiger partial charge in [0.25, 0.3) is 0 Å². The molecule has 0 bridgehead atoms. The Balaban J connectivity index is 2.11. The number of nitrogens with zero attached hydrogens (tertiary/aromatic N) is 1. The highest BCUT2D eigenvalue weighted by atomic mass is 19.4. The molecule has 0 spiro atoms. The lowest BCUT2D eigenvalue weighted by Crippen LogP contribution is -2.46. The van der Waals surface area contributed by atoms with Gasteiger partial charge in [0.1, 0.15) is 0 Å². The summed E-state index contributed by atoms with van der Waals surface area (Å²) in [6.07, 6.45) is 7.24. The van der Waals surface area contributed by atoms with Crippen LogP contribution in [0.3, 0.4) is 0 Å². The van der Waals surface area contributed by atoms with Gasteiger partial charge in [0, 0.05) is 12.1 Å². The van der Waals surface area contributed by atoms with Crippen LogP contribution in [0.2, 0.25) is 0 Å². The van der Waals surface area contributed by atoms with Gasteiger partial charge in [0.15, 0.2) is 0 Å². The highest BCUT2D eigenvalue weighted by Gasteiger charge is 2.40. The van der Waals surface area contributed by atoms with Crippen molar-refractivity contribution in [2.24, 2.45) is 11.8 Å². The lowest BCUT2D eigenvalue weighted by Gasteiger charge is -2.48. The Kier molecular flexibility index (Phi) is 6.93. The first kappa shape index (κ1) is 22.1. The van der Waals surface area contributed by atoms with Gasteiger partial charge in [-0.05, 0) is 72.9 Å². The third-order valence-corrected chi connectivity index (χ3v) is 6.07. The van der Waals surface area contributed by atoms with Crippen molar-refractivity contribution in [3.05, 3.63) is 53.1 Å². The molecular formula is C25H34F3N. The van der Waals surface area contributed by atoms with Gasteiger partial charge in [-0.1, -0.05) is 58.4 Å². The maximum absolute atomic E-state index is 13.5. The van der Waals surface area contributed by atoms with E-state index in [9.17, 15) is 13.2 Å². The van der Waals surface area contributed by atoms with Crippen LogP contribution in [0.25, 0.3) is 5.57 Å². The van der Waals surface area contributed by atoms with Gasteiger partial charge in [-0.15, -0.1) is 0 Å². The molecule has 2 heterocycles. The van der Waals surface area contributed by atoms with Crippen molar-refractivity contribution in [2.75, 3.05) is 6.54 Å². The van der Waals surface area contributed by atoms with Gasteiger partial charge in [0.05, 0.1) is 5.56 Å². The van der Waals surface area contributed by atoms with E-state index in [1.807, 2.05) is 0 Å². The van der Waals surface area contributed by atoms with Crippen LogP contribution in [-0.4, -0.2) is 17.5 Å². The first-order valence-electron chi connectivity index (χ1n) is 11.0. The quantitative estimate of drug-likeness (QED) is 0.486. The van der Waals surface area contributed by atoms with Gasteiger partial charge < -0.3 is 0 Å². The summed E-state index contributed by atoms with van der Waals surface area (Å²) in [5, 5.41) is 0. The minimum Gasteiger partial charge on any atom is -0.289 e. The summed E-state index contributed by atoms with van der Waals surface area (Å²) in [7, 11) is 0. The predicted octanol–water partition coefficient (Wildman–Crippen LogP) is 7.65. The van der Waals surface area contributed by atoms with Gasteiger partial charge in [0.2, 0.25) is 0 Å². The second-order valence-corrected chi connectivity index (χ2v) is 9.37. The molecule has 1 fully saturated rings. The summed E-state index contributed by atoms with van der Waals surface area (Å²) >= 11 is 0. The van der Waals surface area contributed by atoms with Crippen LogP contribution in [0.15, 0.2) is 36.4 Å². The van der Waals surface area contributed by atoms with Crippen LogP contribution in [-0.2, 0) is 6.18 Å². The highest BCUT2D eigenvalue weighted by Crippen LogP contribution is 2.47. The molecule has 2 aliphatic heterocycles. The Morgan fingerprint density at radius 2 is 1.86 bits per heavy atom. The van der Waals surface area contributed by atoms with Gasteiger partial charge in [-0.25, -0.2) is 0 Å². The van der Waals surface area contributed by atoms with E-state index in [0.717, 1.165) is 55.3 Å². The summed E-state index contributed by atoms with van der Waals surface area (Å²) < 4.78 is 40.4. The number of halogens is 3. The number of rotatable bonds is 5. The van der Waals surface area contributed by atoms with Crippen molar-refractivity contribution in [1.29, 1.82) is 0 Å². The predicted molar refractivity (Wildman–Crippen MR) is 115 cm³/mol. The average molecular weight is 406 g/mol. The highest BCUT2D eigenvalue weighted by molar-refractivity contribution is 5.76. The largest absolute Gasteiger partial charge is 0.416 e. The zero-order chi connectivity index (χ0) is 21.2. The molecule has 1 aromatic rings. The molecule has 1 saturated heterocycles. The van der Waals surface area contributed by atoms with Gasteiger partial charge in [-0.3, -0.25) is 4.90 Å². The fraction of sp³-hybridized carbons (Fsp3) is 0.600. The van der Waals surface area contributed by atoms with Crippen LogP contribution in [0, 0.1) is 11.8 Å². The second kappa shape index (κ2) is 9.07. The monoisotopic (exact) mass is 405 g/mol. The maximum atomic E-state index is 13.5. The van der Waals surface area contributed by atoms with Crippen molar-refractivity contribution in [2.45, 2.75) is 78.1 Å². The third kappa shape index (κ3) is 5.14. The zero-order valence-corrected chi connectivity index (χ0v) is 18.1. The number of hydrogen-bond acceptors (Lipinski definition) is 1. The Morgan fingerprint density at radius 1 is 1.10 bits per heavy atom. The summed E-state index contributed by atoms with van der Waals surface area (Å²) in [5.74, 6) is 1.05. The van der Waals surface area contributed by atoms with Crippen molar-refractivity contribution >= 4 is 5.57 Å². The van der Waals surface area contributed by atoms with E-state index in [-0.39, 0.29) is 12.1 Å². The molecule has 1 aromatic carbocycles. The minimum absolute atomic E-state index is 0.181. The Bertz CT molecular complexity index is 758. The Hall–Kier alpha value is -1.55. The molecule has 4 heteroatoms. The molecule has 0 saturated carbocycles. The van der Waals surface area contributed by atoms with Crippen molar-refractivity contribution < 1.29 is 13.2 Å². The van der Waals surface area contributed by atoms with Crippen molar-refractivity contribution in [3.63, 3.8) is 0 Å². The number of hydrogen-bond donors (Lipinski definition) is 0. The Morgan fingerprint density at radius 3 is 2.52 bits per heavy atom. The molecule has 0 radical (unpaired) electrons. The standard InChI is InChI=1S/C25H34F3N/c1-17(2)9-5-6-10-20-22-16-19(25(26,27)28)12-13-21(22)23-11-7-8-14-29(23)24(20)15-18(3)4/h5-6,10,12-13,16-18,23-24H,7-9,11,14-15H2,1-4H3/b6-5+,20-10-/t23-,24-/m0/s1. The van der Waals surface area contributed by atoms with E-state index in [1.54, 1.807) is 6.07 Å². The van der Waals surface area contributed by atoms with Crippen LogP contribution in [0.1, 0.15) is 82.5 Å². The molecule has 0 N–H and O–H groups in total. The molecule has 0 amide bonds. The van der Waals surface area contributed by atoms with Crippen molar-refractivity contribution in [3.8, 4) is 0 Å². The lowest BCUT2D eigenvalue weighted by molar-refractivity contribution is -0.137. The molecular weight excluding hydrogens is 371 g/mol. The van der Waals surface area contributed by atoms with Crippen molar-refractivity contribution in [1.82, 2.24) is 4.90 Å². The second-order valence-electron chi connectivity index (χ2n) is 9.37. The number of fused-ring (bicyclic) bond motifs is 3. The number of alkyl halides is 3. The molecule has 29 heavy (non-hydrogen) atoms. The zero-order valence-electron chi connectivity index (χ0n) is 18.1. The third-order valence-electron chi connectivity index (χ3n) is 6.07. The maximum Gasteiger partial charge on any atom is 0.416 e. The molecule has 160 valence electrons. The SMILES string of the molecule is CC(C)C/C=C/C=C1/c2cc(C(F)(F)F)ccc2[C@@H]2CCCCN2[C@H]1CC(C)C. The van der Waals surface area contributed by atoms with Gasteiger partial charge in [-0.2, -0.15) is 13.2 Å². The number of benzene rings is 1. The summed E-state index contributed by atoms with van der Waals surface area (Å²) in [6, 6.07) is 4.82. The molecule has 1 nitrogen and oxygen atoms in total. The van der Waals surface area contributed by atoms with Crippen LogP contribution < -0.4 is 0 Å². The van der Waals surface area contributed by atoms with E-state index < -0.39 is 11.7 Å². The molecule has 2 atom stereocenters. The topological polar surface area (TPSA) is 3.24 Å². The number of allylic oxidation sites excluding steroid dienone is 3. The van der Waals surface area contributed by atoms with E-state index >= 15 is 0 Å². The average Bonchev–Trinajstić information content (AvgIpc) is 2.65. The van der Waals surface area contributed by atoms with Crippen LogP contribution in [0.5, 0.6) is 0 Å². The normalized spacial score (nSPS) is 24.5. The number of piperidine rings is 1. The molecule has 2 aliphatic rings. The van der Waals surface area contributed by atoms with Crippen LogP contribution in [0.4, 0.5) is 13.2 Å². The van der Waals surface area contributed by atoms with E-state index in [4.69, 9.17) is 0 Å². The van der Waals surface area contributed by atoms with E-state index in [1.165, 1.54) is 12.1 Å². The summed E-state index contributed by atoms with van der Waals surface area (Å²) in [4.78, 5) is 2.56. The molecule has 0 aromatic heterocycles. The fourth-order valence-electron chi connectivity index (χ4n) is 4.72. The lowest BCUT2D eigenvalue weighted by atomic mass is 9.77. The van der Waals surface area contributed by atoms with Crippen LogP contribution >= 0.6 is 0 Å². The molecule has 0 aliphatic carbocycles. The minimum atomic E-state index is -4.31. The summed E-state index contributed by atoms with van der Waals surface area (Å²) in [5.41, 5.74) is 2.39. The smallest absolute Gasteiger partial charge is 0.289 e. The fourth-order valence-corrected chi connectivity index (χ4v) is 4.72. The molecule has 0 unspecified atom stereocenters. The van der Waals surface area contributed by atoms with Gasteiger partial charge >= 0.3 is 6.18 Å². The first-order chi connectivity index (χ1) is 13.7.